The molecule has 1 aromatic carbocycles. The third kappa shape index (κ3) is 2.14. The van der Waals surface area contributed by atoms with Gasteiger partial charge in [-0.2, -0.15) is 9.61 Å². The van der Waals surface area contributed by atoms with Gasteiger partial charge in [0.15, 0.2) is 0 Å². The Morgan fingerprint density at radius 1 is 1.32 bits per heavy atom. The third-order valence-corrected chi connectivity index (χ3v) is 4.17. The molecule has 0 aliphatic heterocycles. The number of nitrogens with zero attached hydrogens (tertiary/aromatic N) is 3. The summed E-state index contributed by atoms with van der Waals surface area (Å²) in [7, 11) is 0. The van der Waals surface area contributed by atoms with E-state index in [0.29, 0.717) is 26.7 Å². The molecule has 2 heterocycles. The van der Waals surface area contributed by atoms with E-state index in [0.717, 1.165) is 23.9 Å². The van der Waals surface area contributed by atoms with Crippen LogP contribution in [0.4, 0.5) is 0 Å². The lowest BCUT2D eigenvalue weighted by molar-refractivity contribution is 0.808. The van der Waals surface area contributed by atoms with Crippen molar-refractivity contribution in [3.05, 3.63) is 60.6 Å². The number of fused-ring (bicyclic) bond motifs is 2. The molecule has 0 radical (unpaired) electrons. The van der Waals surface area contributed by atoms with Crippen LogP contribution in [0.3, 0.4) is 0 Å². The van der Waals surface area contributed by atoms with Crippen LogP contribution in [-0.4, -0.2) is 19.6 Å². The molecule has 1 aliphatic rings. The monoisotopic (exact) mass is 332 g/mol. The van der Waals surface area contributed by atoms with E-state index < -0.39 is 0 Å². The summed E-state index contributed by atoms with van der Waals surface area (Å²) in [5.41, 5.74) is 1.34. The molecule has 1 aliphatic carbocycles. The van der Waals surface area contributed by atoms with E-state index in [4.69, 9.17) is 23.2 Å². The quantitative estimate of drug-likeness (QED) is 0.730. The van der Waals surface area contributed by atoms with Crippen molar-refractivity contribution in [3.8, 4) is 0 Å². The van der Waals surface area contributed by atoms with Crippen molar-refractivity contribution in [1.82, 2.24) is 19.6 Å². The highest BCUT2D eigenvalue weighted by Gasteiger charge is 2.11. The predicted octanol–water partition coefficient (Wildman–Crippen LogP) is 1.28. The zero-order valence-corrected chi connectivity index (χ0v) is 12.8. The number of H-pyrrole nitrogens is 1. The van der Waals surface area contributed by atoms with Gasteiger partial charge in [0, 0.05) is 10.0 Å². The van der Waals surface area contributed by atoms with Crippen molar-refractivity contribution in [1.29, 1.82) is 0 Å². The molecule has 1 N–H and O–H groups in total. The van der Waals surface area contributed by atoms with Gasteiger partial charge in [0.25, 0.3) is 5.56 Å². The number of nitrogens with one attached hydrogen (secondary N) is 1. The number of imidazole rings is 1. The van der Waals surface area contributed by atoms with Gasteiger partial charge < -0.3 is 0 Å². The molecule has 22 heavy (non-hydrogen) atoms. The molecule has 0 bridgehead atoms. The maximum Gasteiger partial charge on any atom is 0.276 e. The van der Waals surface area contributed by atoms with Crippen LogP contribution in [0.1, 0.15) is 17.7 Å². The number of hydrogen-bond acceptors (Lipinski definition) is 3. The molecule has 0 amide bonds. The molecule has 0 unspecified atom stereocenters. The van der Waals surface area contributed by atoms with E-state index in [-0.39, 0.29) is 5.56 Å². The smallest absolute Gasteiger partial charge is 0.276 e. The van der Waals surface area contributed by atoms with Gasteiger partial charge in [0.2, 0.25) is 5.78 Å². The van der Waals surface area contributed by atoms with Crippen molar-refractivity contribution in [2.75, 3.05) is 0 Å². The topological polar surface area (TPSA) is 63.0 Å². The van der Waals surface area contributed by atoms with Gasteiger partial charge in [-0.15, -0.1) is 0 Å². The molecule has 0 fully saturated rings. The molecule has 7 heteroatoms. The van der Waals surface area contributed by atoms with E-state index in [9.17, 15) is 4.79 Å². The molecule has 0 spiro atoms. The Kier molecular flexibility index (Phi) is 3.06. The van der Waals surface area contributed by atoms with Crippen molar-refractivity contribution in [2.45, 2.75) is 12.8 Å². The van der Waals surface area contributed by atoms with Gasteiger partial charge in [-0.25, -0.2) is 4.98 Å². The highest BCUT2D eigenvalue weighted by atomic mass is 35.5. The van der Waals surface area contributed by atoms with E-state index in [1.807, 2.05) is 6.08 Å². The minimum atomic E-state index is -0.255. The number of aryl methyl sites for hydroxylation is 1. The maximum atomic E-state index is 12.2. The summed E-state index contributed by atoms with van der Waals surface area (Å²) in [5, 5.41) is 6.77. The summed E-state index contributed by atoms with van der Waals surface area (Å²) in [6.07, 6.45) is 5.47. The molecule has 110 valence electrons. The maximum absolute atomic E-state index is 12.2. The first-order chi connectivity index (χ1) is 10.6. The summed E-state index contributed by atoms with van der Waals surface area (Å²) in [4.78, 5) is 19.3. The second kappa shape index (κ2) is 4.97. The lowest BCUT2D eigenvalue weighted by Crippen LogP contribution is -2.28. The van der Waals surface area contributed by atoms with Crippen LogP contribution < -0.4 is 16.3 Å². The van der Waals surface area contributed by atoms with Crippen LogP contribution in [-0.2, 0) is 6.42 Å². The minimum absolute atomic E-state index is 0.255. The molecule has 5 nitrogen and oxygen atoms in total. The first-order valence-electron chi connectivity index (χ1n) is 6.77. The fourth-order valence-corrected chi connectivity index (χ4v) is 3.00. The van der Waals surface area contributed by atoms with Crippen LogP contribution in [0.15, 0.2) is 23.0 Å². The van der Waals surface area contributed by atoms with Crippen molar-refractivity contribution < 1.29 is 0 Å². The summed E-state index contributed by atoms with van der Waals surface area (Å²) < 4.78 is 1.53. The van der Waals surface area contributed by atoms with Gasteiger partial charge in [-0.1, -0.05) is 35.3 Å². The van der Waals surface area contributed by atoms with Gasteiger partial charge >= 0.3 is 0 Å². The van der Waals surface area contributed by atoms with Gasteiger partial charge in [-0.3, -0.25) is 9.78 Å². The van der Waals surface area contributed by atoms with E-state index in [1.54, 1.807) is 24.3 Å². The molecule has 0 saturated carbocycles. The zero-order chi connectivity index (χ0) is 15.3. The van der Waals surface area contributed by atoms with Crippen LogP contribution >= 0.6 is 23.2 Å². The standard InChI is InChI=1S/C15H10Cl2N4O/c16-9-5-4-8(10(17)7-9)6-13-14(22)19-15-18-11-2-1-3-12(11)20-21(13)15/h2,4-7H,1,3H2,(H,18,19,22)/b13-6+. The summed E-state index contributed by atoms with van der Waals surface area (Å²) in [5.74, 6) is 0.429. The Labute approximate surface area is 134 Å². The predicted molar refractivity (Wildman–Crippen MR) is 85.7 cm³/mol. The number of rotatable bonds is 1. The van der Waals surface area contributed by atoms with E-state index in [2.05, 4.69) is 15.1 Å². The number of aromatic amines is 1. The summed E-state index contributed by atoms with van der Waals surface area (Å²) >= 11 is 12.1. The fourth-order valence-electron chi connectivity index (χ4n) is 2.54. The highest BCUT2D eigenvalue weighted by molar-refractivity contribution is 6.35. The molecule has 0 atom stereocenters. The van der Waals surface area contributed by atoms with Crippen LogP contribution in [0.5, 0.6) is 0 Å². The molecule has 0 saturated heterocycles. The molecule has 2 aromatic heterocycles. The number of benzene rings is 1. The van der Waals surface area contributed by atoms with Gasteiger partial charge in [-0.05, 0) is 36.6 Å². The second-order valence-electron chi connectivity index (χ2n) is 5.07. The normalized spacial score (nSPS) is 14.4. The summed E-state index contributed by atoms with van der Waals surface area (Å²) in [6.45, 7) is 0. The summed E-state index contributed by atoms with van der Waals surface area (Å²) in [6, 6.07) is 5.12. The van der Waals surface area contributed by atoms with Gasteiger partial charge in [0.1, 0.15) is 5.35 Å². The Hall–Kier alpha value is -2.11. The Balaban J connectivity index is 2.03. The van der Waals surface area contributed by atoms with E-state index in [1.165, 1.54) is 4.52 Å². The SMILES string of the molecule is O=c1[nH]c2nc3c(nn2/c1=C/c1ccc(Cl)cc1Cl)CCC=3. The zero-order valence-electron chi connectivity index (χ0n) is 11.3. The average Bonchev–Trinajstić information content (AvgIpc) is 3.03. The van der Waals surface area contributed by atoms with Crippen LogP contribution in [0.2, 0.25) is 10.0 Å². The van der Waals surface area contributed by atoms with Crippen LogP contribution in [0.25, 0.3) is 17.9 Å². The second-order valence-corrected chi connectivity index (χ2v) is 5.92. The number of aromatic nitrogens is 4. The highest BCUT2D eigenvalue weighted by Crippen LogP contribution is 2.21. The first-order valence-corrected chi connectivity index (χ1v) is 7.52. The Morgan fingerprint density at radius 3 is 3.00 bits per heavy atom. The Bertz CT molecular complexity index is 1080. The van der Waals surface area contributed by atoms with Crippen molar-refractivity contribution in [3.63, 3.8) is 0 Å². The lowest BCUT2D eigenvalue weighted by atomic mass is 10.2. The van der Waals surface area contributed by atoms with Crippen molar-refractivity contribution in [2.24, 2.45) is 0 Å². The number of halogens is 2. The third-order valence-electron chi connectivity index (χ3n) is 3.60. The minimum Gasteiger partial charge on any atom is -0.289 e. The average molecular weight is 333 g/mol. The van der Waals surface area contributed by atoms with Gasteiger partial charge in [0.05, 0.1) is 11.0 Å². The lowest BCUT2D eigenvalue weighted by Gasteiger charge is -1.99. The first kappa shape index (κ1) is 13.5. The molecular weight excluding hydrogens is 323 g/mol. The molecule has 3 aromatic rings. The largest absolute Gasteiger partial charge is 0.289 e. The Morgan fingerprint density at radius 2 is 2.18 bits per heavy atom. The van der Waals surface area contributed by atoms with Crippen LogP contribution in [0, 0.1) is 0 Å². The molecule has 4 rings (SSSR count). The number of hydrogen-bond donors (Lipinski definition) is 1. The van der Waals surface area contributed by atoms with E-state index >= 15 is 0 Å². The fraction of sp³-hybridized carbons (Fsp3) is 0.133. The molecular formula is C15H10Cl2N4O. The van der Waals surface area contributed by atoms with Crippen molar-refractivity contribution >= 4 is 41.1 Å².